The minimum atomic E-state index is 0.0303. The Morgan fingerprint density at radius 1 is 1.22 bits per heavy atom. The molecule has 1 saturated heterocycles. The summed E-state index contributed by atoms with van der Waals surface area (Å²) in [5, 5.41) is 3.52. The number of carbonyl (C=O) groups excluding carboxylic acids is 1. The van der Waals surface area contributed by atoms with Crippen LogP contribution in [-0.4, -0.2) is 29.1 Å². The number of nitrogens with zero attached hydrogens (tertiary/aromatic N) is 1. The average Bonchev–Trinajstić information content (AvgIpc) is 2.57. The van der Waals surface area contributed by atoms with Gasteiger partial charge in [-0.1, -0.05) is 41.5 Å². The maximum Gasteiger partial charge on any atom is 0.241 e. The van der Waals surface area contributed by atoms with Crippen LogP contribution in [0.3, 0.4) is 0 Å². The van der Waals surface area contributed by atoms with Gasteiger partial charge in [0.1, 0.15) is 0 Å². The van der Waals surface area contributed by atoms with Crippen LogP contribution in [0.5, 0.6) is 0 Å². The molecule has 0 aromatic carbocycles. The van der Waals surface area contributed by atoms with E-state index >= 15 is 0 Å². The van der Waals surface area contributed by atoms with Gasteiger partial charge in [-0.15, -0.1) is 0 Å². The van der Waals surface area contributed by atoms with Crippen LogP contribution in [0.15, 0.2) is 0 Å². The van der Waals surface area contributed by atoms with E-state index in [1.165, 1.54) is 0 Å². The summed E-state index contributed by atoms with van der Waals surface area (Å²) in [6, 6.07) is 0.398. The van der Waals surface area contributed by atoms with E-state index in [1.807, 2.05) is 0 Å². The predicted molar refractivity (Wildman–Crippen MR) is 76.2 cm³/mol. The van der Waals surface area contributed by atoms with Crippen molar-refractivity contribution in [1.82, 2.24) is 10.2 Å². The Balaban J connectivity index is 2.85. The van der Waals surface area contributed by atoms with Gasteiger partial charge in [0.2, 0.25) is 5.91 Å². The highest BCUT2D eigenvalue weighted by Gasteiger charge is 2.41. The summed E-state index contributed by atoms with van der Waals surface area (Å²) < 4.78 is 0. The Morgan fingerprint density at radius 2 is 1.83 bits per heavy atom. The molecule has 1 heterocycles. The van der Waals surface area contributed by atoms with Gasteiger partial charge >= 0.3 is 0 Å². The molecule has 3 nitrogen and oxygen atoms in total. The lowest BCUT2D eigenvalue weighted by molar-refractivity contribution is -0.133. The van der Waals surface area contributed by atoms with E-state index in [9.17, 15) is 4.79 Å². The van der Waals surface area contributed by atoms with Crippen molar-refractivity contribution in [1.29, 1.82) is 0 Å². The fourth-order valence-corrected chi connectivity index (χ4v) is 3.06. The van der Waals surface area contributed by atoms with Crippen molar-refractivity contribution in [2.24, 2.45) is 11.8 Å². The highest BCUT2D eigenvalue weighted by molar-refractivity contribution is 5.84. The SMILES string of the molecule is CCC1NC(CC(C)C)C(=O)N1C(CC)C(C)C. The molecule has 0 aliphatic carbocycles. The quantitative estimate of drug-likeness (QED) is 0.790. The molecular weight excluding hydrogens is 224 g/mol. The van der Waals surface area contributed by atoms with Gasteiger partial charge in [0.25, 0.3) is 0 Å². The minimum absolute atomic E-state index is 0.0303. The maximum atomic E-state index is 12.6. The lowest BCUT2D eigenvalue weighted by atomic mass is 9.98. The van der Waals surface area contributed by atoms with Crippen LogP contribution in [0.4, 0.5) is 0 Å². The Kier molecular flexibility index (Phi) is 5.64. The topological polar surface area (TPSA) is 32.3 Å². The molecule has 0 aromatic rings. The summed E-state index contributed by atoms with van der Waals surface area (Å²) in [5.74, 6) is 1.40. The van der Waals surface area contributed by atoms with Crippen LogP contribution >= 0.6 is 0 Å². The summed E-state index contributed by atoms with van der Waals surface area (Å²) in [6.07, 6.45) is 3.20. The zero-order chi connectivity index (χ0) is 13.9. The molecule has 1 aliphatic heterocycles. The molecule has 3 heteroatoms. The largest absolute Gasteiger partial charge is 0.323 e. The van der Waals surface area contributed by atoms with Crippen molar-refractivity contribution in [3.05, 3.63) is 0 Å². The third kappa shape index (κ3) is 3.25. The molecule has 1 amide bonds. The van der Waals surface area contributed by atoms with Crippen molar-refractivity contribution >= 4 is 5.91 Å². The lowest BCUT2D eigenvalue weighted by Crippen LogP contribution is -2.46. The fraction of sp³-hybridized carbons (Fsp3) is 0.933. The van der Waals surface area contributed by atoms with Crippen molar-refractivity contribution in [2.45, 2.75) is 79.1 Å². The average molecular weight is 254 g/mol. The number of hydrogen-bond acceptors (Lipinski definition) is 2. The first-order valence-electron chi connectivity index (χ1n) is 7.50. The third-order valence-corrected chi connectivity index (χ3v) is 3.92. The monoisotopic (exact) mass is 254 g/mol. The number of amides is 1. The first kappa shape index (κ1) is 15.5. The lowest BCUT2D eigenvalue weighted by Gasteiger charge is -2.34. The van der Waals surface area contributed by atoms with E-state index < -0.39 is 0 Å². The first-order valence-corrected chi connectivity index (χ1v) is 7.50. The smallest absolute Gasteiger partial charge is 0.241 e. The van der Waals surface area contributed by atoms with Gasteiger partial charge in [-0.25, -0.2) is 0 Å². The molecular formula is C15H30N2O. The summed E-state index contributed by atoms with van der Waals surface area (Å²) in [5.41, 5.74) is 0. The Bertz CT molecular complexity index is 276. The number of carbonyl (C=O) groups is 1. The maximum absolute atomic E-state index is 12.6. The highest BCUT2D eigenvalue weighted by Crippen LogP contribution is 2.25. The molecule has 3 atom stereocenters. The zero-order valence-electron chi connectivity index (χ0n) is 12.9. The molecule has 0 saturated carbocycles. The van der Waals surface area contributed by atoms with Crippen molar-refractivity contribution in [3.8, 4) is 0 Å². The van der Waals surface area contributed by atoms with Gasteiger partial charge in [-0.05, 0) is 31.1 Å². The number of hydrogen-bond donors (Lipinski definition) is 1. The molecule has 0 bridgehead atoms. The second kappa shape index (κ2) is 6.55. The third-order valence-electron chi connectivity index (χ3n) is 3.92. The van der Waals surface area contributed by atoms with E-state index in [4.69, 9.17) is 0 Å². The van der Waals surface area contributed by atoms with Crippen LogP contribution < -0.4 is 5.32 Å². The summed E-state index contributed by atoms with van der Waals surface area (Å²) in [7, 11) is 0. The number of rotatable bonds is 6. The van der Waals surface area contributed by atoms with Crippen LogP contribution in [0.1, 0.15) is 60.8 Å². The van der Waals surface area contributed by atoms with Crippen LogP contribution in [0.25, 0.3) is 0 Å². The molecule has 1 N–H and O–H groups in total. The molecule has 1 aliphatic rings. The van der Waals surface area contributed by atoms with Crippen molar-refractivity contribution in [3.63, 3.8) is 0 Å². The standard InChI is InChI=1S/C15H30N2O/c1-7-13(11(5)6)17-14(8-2)16-12(15(17)18)9-10(3)4/h10-14,16H,7-9H2,1-6H3. The molecule has 0 radical (unpaired) electrons. The summed E-state index contributed by atoms with van der Waals surface area (Å²) >= 11 is 0. The number of nitrogens with one attached hydrogen (secondary N) is 1. The van der Waals surface area contributed by atoms with Crippen molar-refractivity contribution < 1.29 is 4.79 Å². The molecule has 106 valence electrons. The van der Waals surface area contributed by atoms with E-state index in [0.717, 1.165) is 19.3 Å². The molecule has 3 unspecified atom stereocenters. The highest BCUT2D eigenvalue weighted by atomic mass is 16.2. The van der Waals surface area contributed by atoms with E-state index in [-0.39, 0.29) is 12.2 Å². The van der Waals surface area contributed by atoms with E-state index in [2.05, 4.69) is 51.8 Å². The van der Waals surface area contributed by atoms with Crippen LogP contribution in [-0.2, 0) is 4.79 Å². The first-order chi connectivity index (χ1) is 8.42. The van der Waals surface area contributed by atoms with Crippen LogP contribution in [0.2, 0.25) is 0 Å². The minimum Gasteiger partial charge on any atom is -0.323 e. The second-order valence-electron chi connectivity index (χ2n) is 6.24. The second-order valence-corrected chi connectivity index (χ2v) is 6.24. The van der Waals surface area contributed by atoms with E-state index in [1.54, 1.807) is 0 Å². The normalized spacial score (nSPS) is 26.4. The predicted octanol–water partition coefficient (Wildman–Crippen LogP) is 3.00. The van der Waals surface area contributed by atoms with Gasteiger partial charge in [-0.3, -0.25) is 10.1 Å². The van der Waals surface area contributed by atoms with Gasteiger partial charge in [-0.2, -0.15) is 0 Å². The van der Waals surface area contributed by atoms with Gasteiger partial charge in [0.15, 0.2) is 0 Å². The Morgan fingerprint density at radius 3 is 2.22 bits per heavy atom. The van der Waals surface area contributed by atoms with Crippen LogP contribution in [0, 0.1) is 11.8 Å². The molecule has 0 spiro atoms. The van der Waals surface area contributed by atoms with E-state index in [0.29, 0.717) is 23.8 Å². The summed E-state index contributed by atoms with van der Waals surface area (Å²) in [4.78, 5) is 14.7. The fourth-order valence-electron chi connectivity index (χ4n) is 3.06. The Hall–Kier alpha value is -0.570. The van der Waals surface area contributed by atoms with Crippen molar-refractivity contribution in [2.75, 3.05) is 0 Å². The summed E-state index contributed by atoms with van der Waals surface area (Å²) in [6.45, 7) is 13.1. The molecule has 0 aromatic heterocycles. The van der Waals surface area contributed by atoms with Gasteiger partial charge in [0, 0.05) is 6.04 Å². The molecule has 1 rings (SSSR count). The van der Waals surface area contributed by atoms with Gasteiger partial charge in [0.05, 0.1) is 12.2 Å². The van der Waals surface area contributed by atoms with Gasteiger partial charge < -0.3 is 4.90 Å². The Labute approximate surface area is 112 Å². The zero-order valence-corrected chi connectivity index (χ0v) is 12.9. The molecule has 1 fully saturated rings. The molecule has 18 heavy (non-hydrogen) atoms.